The molecule has 0 saturated heterocycles. The predicted molar refractivity (Wildman–Crippen MR) is 97.5 cm³/mol. The molecule has 26 heavy (non-hydrogen) atoms. The first-order chi connectivity index (χ1) is 12.6. The summed E-state index contributed by atoms with van der Waals surface area (Å²) >= 11 is 0. The summed E-state index contributed by atoms with van der Waals surface area (Å²) in [5.41, 5.74) is 1.28. The van der Waals surface area contributed by atoms with Crippen molar-refractivity contribution in [3.63, 3.8) is 0 Å². The Bertz CT molecular complexity index is 844. The number of aliphatic hydroxyl groups is 1. The molecule has 0 radical (unpaired) electrons. The van der Waals surface area contributed by atoms with E-state index in [2.05, 4.69) is 20.6 Å². The van der Waals surface area contributed by atoms with Crippen molar-refractivity contribution in [1.82, 2.24) is 15.3 Å². The molecular weight excluding hydrogens is 334 g/mol. The van der Waals surface area contributed by atoms with Gasteiger partial charge in [-0.25, -0.2) is 9.97 Å². The lowest BCUT2D eigenvalue weighted by Crippen LogP contribution is -2.25. The number of methoxy groups -OCH3 is 1. The molecule has 0 atom stereocenters. The Hall–Kier alpha value is -3.42. The van der Waals surface area contributed by atoms with Crippen LogP contribution >= 0.6 is 0 Å². The highest BCUT2D eigenvalue weighted by Gasteiger charge is 2.23. The molecule has 0 aliphatic heterocycles. The van der Waals surface area contributed by atoms with E-state index in [0.717, 1.165) is 19.1 Å². The second kappa shape index (κ2) is 7.64. The zero-order valence-electron chi connectivity index (χ0n) is 14.2. The van der Waals surface area contributed by atoms with E-state index >= 15 is 0 Å². The fraction of sp³-hybridized carbons (Fsp3) is 0.222. The molecule has 1 aliphatic carbocycles. The molecule has 0 aromatic carbocycles. The van der Waals surface area contributed by atoms with Gasteiger partial charge >= 0.3 is 0 Å². The Morgan fingerprint density at radius 2 is 2.12 bits per heavy atom. The number of carbonyl (C=O) groups is 1. The first-order valence-electron chi connectivity index (χ1n) is 8.08. The molecule has 4 N–H and O–H groups in total. The van der Waals surface area contributed by atoms with Crippen molar-refractivity contribution in [3.8, 4) is 5.88 Å². The van der Waals surface area contributed by atoms with Gasteiger partial charge in [-0.05, 0) is 36.6 Å². The van der Waals surface area contributed by atoms with Gasteiger partial charge in [0, 0.05) is 30.7 Å². The molecule has 1 amide bonds. The van der Waals surface area contributed by atoms with E-state index in [4.69, 9.17) is 10.1 Å². The van der Waals surface area contributed by atoms with Crippen LogP contribution in [0.5, 0.6) is 5.88 Å². The van der Waals surface area contributed by atoms with Crippen LogP contribution in [0.4, 0.5) is 5.82 Å². The largest absolute Gasteiger partial charge is 0.494 e. The number of carbonyl (C=O) groups excluding carboxylic acids is 1. The average molecular weight is 353 g/mol. The normalized spacial score (nSPS) is 14.2. The van der Waals surface area contributed by atoms with Gasteiger partial charge < -0.3 is 25.9 Å². The second-order valence-corrected chi connectivity index (χ2v) is 5.80. The van der Waals surface area contributed by atoms with Crippen LogP contribution in [0.3, 0.4) is 0 Å². The minimum absolute atomic E-state index is 0.157. The number of hydrogen-bond acceptors (Lipinski definition) is 7. The number of nitrogens with one attached hydrogen (secondary N) is 3. The van der Waals surface area contributed by atoms with E-state index in [1.807, 2.05) is 0 Å². The summed E-state index contributed by atoms with van der Waals surface area (Å²) in [6.07, 6.45) is 6.02. The van der Waals surface area contributed by atoms with Crippen molar-refractivity contribution in [2.24, 2.45) is 0 Å². The van der Waals surface area contributed by atoms with Gasteiger partial charge in [0.15, 0.2) is 5.88 Å². The minimum atomic E-state index is -0.240. The van der Waals surface area contributed by atoms with Crippen molar-refractivity contribution in [2.75, 3.05) is 12.4 Å². The zero-order chi connectivity index (χ0) is 18.5. The predicted octanol–water partition coefficient (Wildman–Crippen LogP) is 2.37. The van der Waals surface area contributed by atoms with Gasteiger partial charge in [-0.3, -0.25) is 4.79 Å². The Morgan fingerprint density at radius 3 is 2.73 bits per heavy atom. The SMILES string of the molecule is COc1cc(/C(C=N)=C(\O)Nc2ccc(C(=O)NC3CC3)cn2)ccn1. The van der Waals surface area contributed by atoms with E-state index in [1.54, 1.807) is 24.3 Å². The highest BCUT2D eigenvalue weighted by molar-refractivity contribution is 6.09. The fourth-order valence-electron chi connectivity index (χ4n) is 2.26. The molecular formula is C18H19N5O3. The summed E-state index contributed by atoms with van der Waals surface area (Å²) in [4.78, 5) is 20.1. The summed E-state index contributed by atoms with van der Waals surface area (Å²) in [7, 11) is 1.49. The Balaban J connectivity index is 1.75. The van der Waals surface area contributed by atoms with Crippen LogP contribution in [0, 0.1) is 5.41 Å². The summed E-state index contributed by atoms with van der Waals surface area (Å²) in [6.45, 7) is 0. The van der Waals surface area contributed by atoms with Crippen LogP contribution in [-0.2, 0) is 0 Å². The Labute approximate surface area is 150 Å². The van der Waals surface area contributed by atoms with Gasteiger partial charge in [0.25, 0.3) is 5.91 Å². The summed E-state index contributed by atoms with van der Waals surface area (Å²) in [6, 6.07) is 6.75. The van der Waals surface area contributed by atoms with Gasteiger partial charge in [0.05, 0.1) is 18.2 Å². The van der Waals surface area contributed by atoms with Crippen LogP contribution in [-0.4, -0.2) is 40.3 Å². The number of anilines is 1. The molecule has 8 heteroatoms. The Morgan fingerprint density at radius 1 is 1.31 bits per heavy atom. The number of aromatic nitrogens is 2. The molecule has 2 aromatic heterocycles. The van der Waals surface area contributed by atoms with Crippen LogP contribution in [0.2, 0.25) is 0 Å². The maximum Gasteiger partial charge on any atom is 0.253 e. The number of nitrogens with zero attached hydrogens (tertiary/aromatic N) is 2. The third-order valence-electron chi connectivity index (χ3n) is 3.84. The highest BCUT2D eigenvalue weighted by atomic mass is 16.5. The number of hydrogen-bond donors (Lipinski definition) is 4. The highest BCUT2D eigenvalue weighted by Crippen LogP contribution is 2.21. The molecule has 2 heterocycles. The third kappa shape index (κ3) is 4.15. The standard InChI is InChI=1S/C18H19N5O3/c1-26-16-8-11(6-7-20-16)14(9-19)18(25)23-15-5-2-12(10-21-15)17(24)22-13-3-4-13/h2,5-10,13,19,25H,3-4H2,1H3,(H,21,23)(H,22,24)/b18-14-,19-9?. The molecule has 0 bridgehead atoms. The molecule has 8 nitrogen and oxygen atoms in total. The van der Waals surface area contributed by atoms with Gasteiger partial charge in [0.2, 0.25) is 5.88 Å². The Kier molecular flexibility index (Phi) is 5.12. The van der Waals surface area contributed by atoms with Crippen LogP contribution in [0.1, 0.15) is 28.8 Å². The van der Waals surface area contributed by atoms with Crippen molar-refractivity contribution in [2.45, 2.75) is 18.9 Å². The minimum Gasteiger partial charge on any atom is -0.494 e. The summed E-state index contributed by atoms with van der Waals surface area (Å²) < 4.78 is 5.05. The topological polar surface area (TPSA) is 120 Å². The first-order valence-corrected chi connectivity index (χ1v) is 8.08. The van der Waals surface area contributed by atoms with E-state index in [9.17, 15) is 9.90 Å². The van der Waals surface area contributed by atoms with E-state index < -0.39 is 0 Å². The molecule has 3 rings (SSSR count). The number of amides is 1. The number of aliphatic hydroxyl groups excluding tert-OH is 1. The number of pyridine rings is 2. The van der Waals surface area contributed by atoms with Crippen molar-refractivity contribution < 1.29 is 14.6 Å². The number of rotatable bonds is 7. The maximum absolute atomic E-state index is 12.0. The number of ether oxygens (including phenoxy) is 1. The van der Waals surface area contributed by atoms with Gasteiger partial charge in [0.1, 0.15) is 5.82 Å². The van der Waals surface area contributed by atoms with Crippen LogP contribution < -0.4 is 15.4 Å². The zero-order valence-corrected chi connectivity index (χ0v) is 14.2. The molecule has 134 valence electrons. The van der Waals surface area contributed by atoms with Crippen molar-refractivity contribution in [1.29, 1.82) is 5.41 Å². The van der Waals surface area contributed by atoms with Gasteiger partial charge in [-0.2, -0.15) is 0 Å². The monoisotopic (exact) mass is 353 g/mol. The second-order valence-electron chi connectivity index (χ2n) is 5.80. The molecule has 1 fully saturated rings. The first kappa shape index (κ1) is 17.4. The summed E-state index contributed by atoms with van der Waals surface area (Å²) in [5, 5.41) is 23.5. The average Bonchev–Trinajstić information content (AvgIpc) is 3.47. The van der Waals surface area contributed by atoms with E-state index in [0.29, 0.717) is 22.8 Å². The quantitative estimate of drug-likeness (QED) is 0.448. The molecule has 0 unspecified atom stereocenters. The lowest BCUT2D eigenvalue weighted by Gasteiger charge is -2.10. The van der Waals surface area contributed by atoms with Crippen LogP contribution in [0.15, 0.2) is 42.5 Å². The third-order valence-corrected chi connectivity index (χ3v) is 3.84. The number of allylic oxidation sites excluding steroid dienone is 1. The van der Waals surface area contributed by atoms with Crippen LogP contribution in [0.25, 0.3) is 5.57 Å². The molecule has 0 spiro atoms. The van der Waals surface area contributed by atoms with E-state index in [-0.39, 0.29) is 23.4 Å². The lowest BCUT2D eigenvalue weighted by atomic mass is 10.1. The van der Waals surface area contributed by atoms with Gasteiger partial charge in [-0.1, -0.05) is 0 Å². The summed E-state index contributed by atoms with van der Waals surface area (Å²) in [5.74, 6) is 0.330. The molecule has 1 aliphatic rings. The fourth-order valence-corrected chi connectivity index (χ4v) is 2.26. The molecule has 2 aromatic rings. The van der Waals surface area contributed by atoms with E-state index in [1.165, 1.54) is 19.5 Å². The smallest absolute Gasteiger partial charge is 0.253 e. The maximum atomic E-state index is 12.0. The van der Waals surface area contributed by atoms with Gasteiger partial charge in [-0.15, -0.1) is 0 Å². The van der Waals surface area contributed by atoms with Crippen molar-refractivity contribution in [3.05, 3.63) is 53.7 Å². The van der Waals surface area contributed by atoms with Crippen molar-refractivity contribution >= 4 is 23.5 Å². The molecule has 1 saturated carbocycles. The lowest BCUT2D eigenvalue weighted by molar-refractivity contribution is 0.0950.